The van der Waals surface area contributed by atoms with Crippen molar-refractivity contribution in [3.8, 4) is 0 Å². The highest BCUT2D eigenvalue weighted by atomic mass is 16.6. The summed E-state index contributed by atoms with van der Waals surface area (Å²) >= 11 is 0. The summed E-state index contributed by atoms with van der Waals surface area (Å²) in [6.07, 6.45) is 11.9. The van der Waals surface area contributed by atoms with Crippen LogP contribution in [0.25, 0.3) is 0 Å². The van der Waals surface area contributed by atoms with Gasteiger partial charge in [0.15, 0.2) is 0 Å². The fraction of sp³-hybridized carbons (Fsp3) is 0.676. The van der Waals surface area contributed by atoms with E-state index in [9.17, 15) is 19.2 Å². The number of hydrogen-bond acceptors (Lipinski definition) is 8. The molecule has 4 atom stereocenters. The van der Waals surface area contributed by atoms with Gasteiger partial charge in [-0.25, -0.2) is 4.79 Å². The lowest BCUT2D eigenvalue weighted by molar-refractivity contribution is -0.155. The van der Waals surface area contributed by atoms with Crippen LogP contribution < -0.4 is 21.7 Å². The minimum absolute atomic E-state index is 0.0727. The number of carbonyl (C=O) groups excluding carboxylic acids is 4. The summed E-state index contributed by atoms with van der Waals surface area (Å²) in [5.74, 6) is 0.227. The first kappa shape index (κ1) is 42.4. The van der Waals surface area contributed by atoms with Crippen LogP contribution in [-0.2, 0) is 28.6 Å². The number of allylic oxidation sites excluding steroid dienone is 5. The molecule has 0 fully saturated rings. The number of hydrogen-bond donors (Lipinski definition) is 4. The van der Waals surface area contributed by atoms with Crippen LogP contribution in [0.4, 0.5) is 4.79 Å². The highest BCUT2D eigenvalue weighted by Crippen LogP contribution is 2.29. The van der Waals surface area contributed by atoms with E-state index in [0.717, 1.165) is 37.0 Å². The van der Waals surface area contributed by atoms with E-state index in [0.29, 0.717) is 44.9 Å². The predicted octanol–water partition coefficient (Wildman–Crippen LogP) is 5.76. The van der Waals surface area contributed by atoms with Gasteiger partial charge < -0.3 is 35.9 Å². The Bertz CT molecular complexity index is 1130. The van der Waals surface area contributed by atoms with Crippen LogP contribution in [-0.4, -0.2) is 66.9 Å². The zero-order valence-corrected chi connectivity index (χ0v) is 30.5. The number of unbranched alkanes of at least 4 members (excludes halogenated alkanes) is 1. The molecule has 1 aliphatic carbocycles. The molecule has 0 aromatic heterocycles. The lowest BCUT2D eigenvalue weighted by atomic mass is 9.84. The van der Waals surface area contributed by atoms with Crippen LogP contribution in [0.1, 0.15) is 106 Å². The molecular weight excluding hydrogens is 612 g/mol. The van der Waals surface area contributed by atoms with Crippen LogP contribution in [0.3, 0.4) is 0 Å². The van der Waals surface area contributed by atoms with Gasteiger partial charge in [0.05, 0.1) is 18.4 Å². The summed E-state index contributed by atoms with van der Waals surface area (Å²) in [6, 6.07) is -1.68. The monoisotopic (exact) mass is 674 g/mol. The quantitative estimate of drug-likeness (QED) is 0.0722. The molecule has 0 heterocycles. The van der Waals surface area contributed by atoms with Gasteiger partial charge in [0.2, 0.25) is 11.8 Å². The smallest absolute Gasteiger partial charge is 0.407 e. The minimum Gasteiger partial charge on any atom is -0.498 e. The number of esters is 1. The van der Waals surface area contributed by atoms with Gasteiger partial charge in [-0.3, -0.25) is 14.4 Å². The fourth-order valence-corrected chi connectivity index (χ4v) is 4.88. The number of carbonyl (C=O) groups is 4. The molecule has 0 aromatic rings. The lowest BCUT2D eigenvalue weighted by Gasteiger charge is -2.29. The van der Waals surface area contributed by atoms with E-state index in [1.807, 2.05) is 26.8 Å². The maximum Gasteiger partial charge on any atom is 0.407 e. The Morgan fingerprint density at radius 1 is 0.979 bits per heavy atom. The Kier molecular flexibility index (Phi) is 18.9. The molecule has 272 valence electrons. The van der Waals surface area contributed by atoms with Crippen LogP contribution in [0.5, 0.6) is 0 Å². The van der Waals surface area contributed by atoms with Crippen LogP contribution >= 0.6 is 0 Å². The normalized spacial score (nSPS) is 17.8. The SMILES string of the molecule is C=C/C=C\C(=C)CC[C@H](NC(=O)C(N)CCCC(=O)OC(C)(C)C)C(=O)NCC1C=C(OCCCCNC(=O)OC(C)(C)C)CCC1C. The van der Waals surface area contributed by atoms with E-state index >= 15 is 0 Å². The molecular formula is C37H62N4O7. The highest BCUT2D eigenvalue weighted by Gasteiger charge is 2.27. The van der Waals surface area contributed by atoms with Gasteiger partial charge in [0.25, 0.3) is 0 Å². The van der Waals surface area contributed by atoms with E-state index in [-0.39, 0.29) is 30.6 Å². The van der Waals surface area contributed by atoms with Gasteiger partial charge in [-0.2, -0.15) is 0 Å². The Morgan fingerprint density at radius 3 is 2.31 bits per heavy atom. The second kappa shape index (κ2) is 21.4. The van der Waals surface area contributed by atoms with E-state index in [1.54, 1.807) is 32.9 Å². The van der Waals surface area contributed by atoms with Gasteiger partial charge in [0.1, 0.15) is 17.2 Å². The van der Waals surface area contributed by atoms with Crippen molar-refractivity contribution in [2.24, 2.45) is 17.6 Å². The molecule has 5 N–H and O–H groups in total. The number of nitrogens with one attached hydrogen (secondary N) is 3. The predicted molar refractivity (Wildman–Crippen MR) is 190 cm³/mol. The highest BCUT2D eigenvalue weighted by molar-refractivity contribution is 5.89. The van der Waals surface area contributed by atoms with Crippen molar-refractivity contribution in [2.45, 2.75) is 130 Å². The average molecular weight is 675 g/mol. The maximum absolute atomic E-state index is 13.4. The number of rotatable bonds is 20. The van der Waals surface area contributed by atoms with E-state index < -0.39 is 35.3 Å². The number of amides is 3. The van der Waals surface area contributed by atoms with Crippen molar-refractivity contribution >= 4 is 23.9 Å². The van der Waals surface area contributed by atoms with Crippen molar-refractivity contribution in [3.05, 3.63) is 48.8 Å². The molecule has 3 unspecified atom stereocenters. The van der Waals surface area contributed by atoms with Crippen LogP contribution in [0.2, 0.25) is 0 Å². The Labute approximate surface area is 288 Å². The van der Waals surface area contributed by atoms with E-state index in [1.165, 1.54) is 0 Å². The molecule has 1 aliphatic rings. The third kappa shape index (κ3) is 19.9. The molecule has 0 radical (unpaired) electrons. The standard InChI is InChI=1S/C37H62N4O7/c1-10-11-15-26(2)18-21-31(41-33(43)30(38)16-14-17-32(42)47-36(4,5)6)34(44)40-25-28-24-29(20-19-27(28)3)46-23-13-12-22-39-35(45)48-37(7,8)9/h10-11,15,24,27-28,30-31H,1-2,12-14,16-23,25,38H2,3-9H3,(H,39,45)(H,40,44)(H,41,43)/b15-11-/t27?,28?,30?,31-/m0/s1. The summed E-state index contributed by atoms with van der Waals surface area (Å²) in [5.41, 5.74) is 5.84. The molecule has 0 saturated carbocycles. The molecule has 3 amide bonds. The minimum atomic E-state index is -0.874. The third-order valence-electron chi connectivity index (χ3n) is 7.52. The maximum atomic E-state index is 13.4. The largest absolute Gasteiger partial charge is 0.498 e. The summed E-state index contributed by atoms with van der Waals surface area (Å²) < 4.78 is 16.6. The van der Waals surface area contributed by atoms with Gasteiger partial charge in [-0.1, -0.05) is 43.9 Å². The summed E-state index contributed by atoms with van der Waals surface area (Å²) in [7, 11) is 0. The molecule has 48 heavy (non-hydrogen) atoms. The topological polar surface area (TPSA) is 158 Å². The van der Waals surface area contributed by atoms with Gasteiger partial charge in [-0.15, -0.1) is 0 Å². The molecule has 11 nitrogen and oxygen atoms in total. The Balaban J connectivity index is 2.69. The summed E-state index contributed by atoms with van der Waals surface area (Å²) in [4.78, 5) is 50.2. The Hall–Kier alpha value is -3.60. The first-order valence-corrected chi connectivity index (χ1v) is 17.2. The molecule has 0 aliphatic heterocycles. The summed E-state index contributed by atoms with van der Waals surface area (Å²) in [5, 5.41) is 8.61. The van der Waals surface area contributed by atoms with E-state index in [4.69, 9.17) is 19.9 Å². The van der Waals surface area contributed by atoms with Gasteiger partial charge in [-0.05, 0) is 98.5 Å². The lowest BCUT2D eigenvalue weighted by Crippen LogP contribution is -2.52. The van der Waals surface area contributed by atoms with Gasteiger partial charge in [0, 0.05) is 31.8 Å². The van der Waals surface area contributed by atoms with E-state index in [2.05, 4.69) is 42.1 Å². The van der Waals surface area contributed by atoms with Gasteiger partial charge >= 0.3 is 12.1 Å². The molecule has 1 rings (SSSR count). The second-order valence-electron chi connectivity index (χ2n) is 14.5. The summed E-state index contributed by atoms with van der Waals surface area (Å²) in [6.45, 7) is 22.2. The molecule has 0 spiro atoms. The molecule has 0 saturated heterocycles. The first-order chi connectivity index (χ1) is 22.4. The zero-order chi connectivity index (χ0) is 36.3. The molecule has 0 bridgehead atoms. The van der Waals surface area contributed by atoms with Crippen LogP contribution in [0.15, 0.2) is 48.8 Å². The first-order valence-electron chi connectivity index (χ1n) is 17.2. The number of nitrogens with two attached hydrogens (primary N) is 1. The van der Waals surface area contributed by atoms with Crippen molar-refractivity contribution in [3.63, 3.8) is 0 Å². The molecule has 0 aromatic carbocycles. The average Bonchev–Trinajstić information content (AvgIpc) is 2.97. The van der Waals surface area contributed by atoms with Crippen LogP contribution in [0, 0.1) is 11.8 Å². The second-order valence-corrected chi connectivity index (χ2v) is 14.5. The number of ether oxygens (including phenoxy) is 3. The van der Waals surface area contributed by atoms with Crippen molar-refractivity contribution in [2.75, 3.05) is 19.7 Å². The fourth-order valence-electron chi connectivity index (χ4n) is 4.88. The third-order valence-corrected chi connectivity index (χ3v) is 7.52. The van der Waals surface area contributed by atoms with Crippen molar-refractivity contribution in [1.82, 2.24) is 16.0 Å². The Morgan fingerprint density at radius 2 is 1.67 bits per heavy atom. The molecule has 11 heteroatoms. The van der Waals surface area contributed by atoms with Crippen molar-refractivity contribution in [1.29, 1.82) is 0 Å². The zero-order valence-electron chi connectivity index (χ0n) is 30.5. The number of alkyl carbamates (subject to hydrolysis) is 1. The van der Waals surface area contributed by atoms with Crippen molar-refractivity contribution < 1.29 is 33.4 Å².